The molecule has 2 aromatic rings. The largest absolute Gasteiger partial charge is 0.457 e. The number of nitrogens with one attached hydrogen (secondary N) is 1. The lowest BCUT2D eigenvalue weighted by Crippen LogP contribution is -2.40. The minimum Gasteiger partial charge on any atom is -0.457 e. The first-order valence-corrected chi connectivity index (χ1v) is 8.33. The Morgan fingerprint density at radius 3 is 2.16 bits per heavy atom. The molecule has 0 aliphatic heterocycles. The number of para-hydroxylation sites is 1. The van der Waals surface area contributed by atoms with E-state index in [9.17, 15) is 9.59 Å². The molecule has 1 N–H and O–H groups in total. The molecule has 0 atom stereocenters. The lowest BCUT2D eigenvalue weighted by molar-refractivity contribution is -0.123. The van der Waals surface area contributed by atoms with Gasteiger partial charge in [-0.25, -0.2) is 0 Å². The molecule has 0 radical (unpaired) electrons. The van der Waals surface area contributed by atoms with Crippen LogP contribution >= 0.6 is 0 Å². The Kier molecular flexibility index (Phi) is 6.57. The van der Waals surface area contributed by atoms with Gasteiger partial charge >= 0.3 is 0 Å². The average Bonchev–Trinajstić information content (AvgIpc) is 2.59. The van der Waals surface area contributed by atoms with Crippen LogP contribution in [0.15, 0.2) is 54.6 Å². The maximum absolute atomic E-state index is 12.0. The van der Waals surface area contributed by atoms with Crippen molar-refractivity contribution >= 4 is 17.5 Å². The Bertz CT molecular complexity index is 697. The molecule has 0 aromatic heterocycles. The van der Waals surface area contributed by atoms with Crippen molar-refractivity contribution in [1.29, 1.82) is 0 Å². The topological polar surface area (TPSA) is 58.6 Å². The van der Waals surface area contributed by atoms with Gasteiger partial charge in [0.15, 0.2) is 0 Å². The normalized spacial score (nSPS) is 10.4. The highest BCUT2D eigenvalue weighted by Gasteiger charge is 2.16. The van der Waals surface area contributed by atoms with Crippen LogP contribution in [-0.4, -0.2) is 24.9 Å². The van der Waals surface area contributed by atoms with Gasteiger partial charge in [0, 0.05) is 19.2 Å². The number of nitrogens with zero attached hydrogens (tertiary/aromatic N) is 1. The van der Waals surface area contributed by atoms with Gasteiger partial charge in [0.1, 0.15) is 18.0 Å². The SMILES string of the molecule is CC(=O)N(CC(=O)NCC(C)C)c1ccc(Oc2ccccc2)cc1. The van der Waals surface area contributed by atoms with Crippen LogP contribution in [0.1, 0.15) is 20.8 Å². The van der Waals surface area contributed by atoms with Gasteiger partial charge in [0.05, 0.1) is 0 Å². The van der Waals surface area contributed by atoms with Crippen LogP contribution in [0, 0.1) is 5.92 Å². The van der Waals surface area contributed by atoms with Gasteiger partial charge < -0.3 is 15.0 Å². The van der Waals surface area contributed by atoms with Crippen molar-refractivity contribution in [1.82, 2.24) is 5.32 Å². The van der Waals surface area contributed by atoms with Crippen molar-refractivity contribution in [3.8, 4) is 11.5 Å². The maximum Gasteiger partial charge on any atom is 0.240 e. The molecule has 5 heteroatoms. The Morgan fingerprint density at radius 2 is 1.60 bits per heavy atom. The number of carbonyl (C=O) groups excluding carboxylic acids is 2. The fourth-order valence-corrected chi connectivity index (χ4v) is 2.22. The highest BCUT2D eigenvalue weighted by atomic mass is 16.5. The fourth-order valence-electron chi connectivity index (χ4n) is 2.22. The van der Waals surface area contributed by atoms with Crippen molar-refractivity contribution in [3.63, 3.8) is 0 Å². The van der Waals surface area contributed by atoms with Crippen LogP contribution in [0.2, 0.25) is 0 Å². The minimum atomic E-state index is -0.184. The van der Waals surface area contributed by atoms with Gasteiger partial charge in [-0.2, -0.15) is 0 Å². The number of anilines is 1. The van der Waals surface area contributed by atoms with E-state index in [1.54, 1.807) is 24.3 Å². The summed E-state index contributed by atoms with van der Waals surface area (Å²) in [5.41, 5.74) is 0.660. The molecule has 0 fully saturated rings. The van der Waals surface area contributed by atoms with E-state index in [0.29, 0.717) is 23.9 Å². The molecular formula is C20H24N2O3. The molecule has 0 unspecified atom stereocenters. The monoisotopic (exact) mass is 340 g/mol. The third kappa shape index (κ3) is 5.95. The molecule has 0 heterocycles. The average molecular weight is 340 g/mol. The van der Waals surface area contributed by atoms with E-state index in [4.69, 9.17) is 4.74 Å². The summed E-state index contributed by atoms with van der Waals surface area (Å²) >= 11 is 0. The predicted molar refractivity (Wildman–Crippen MR) is 98.8 cm³/mol. The number of hydrogen-bond acceptors (Lipinski definition) is 3. The first-order valence-electron chi connectivity index (χ1n) is 8.33. The lowest BCUT2D eigenvalue weighted by Gasteiger charge is -2.21. The number of carbonyl (C=O) groups is 2. The predicted octanol–water partition coefficient (Wildman–Crippen LogP) is 3.60. The minimum absolute atomic E-state index is 0.000935. The molecule has 0 aliphatic rings. The van der Waals surface area contributed by atoms with Gasteiger partial charge in [-0.3, -0.25) is 9.59 Å². The zero-order valence-corrected chi connectivity index (χ0v) is 14.9. The molecule has 0 saturated carbocycles. The van der Waals surface area contributed by atoms with Crippen LogP contribution in [0.4, 0.5) is 5.69 Å². The molecule has 0 bridgehead atoms. The number of amides is 2. The lowest BCUT2D eigenvalue weighted by atomic mass is 10.2. The summed E-state index contributed by atoms with van der Waals surface area (Å²) in [6, 6.07) is 16.6. The van der Waals surface area contributed by atoms with Crippen molar-refractivity contribution < 1.29 is 14.3 Å². The van der Waals surface area contributed by atoms with Crippen LogP contribution < -0.4 is 15.0 Å². The summed E-state index contributed by atoms with van der Waals surface area (Å²) in [5.74, 6) is 1.42. The zero-order chi connectivity index (χ0) is 18.2. The van der Waals surface area contributed by atoms with E-state index in [1.165, 1.54) is 11.8 Å². The van der Waals surface area contributed by atoms with Crippen LogP contribution in [-0.2, 0) is 9.59 Å². The Morgan fingerprint density at radius 1 is 1.00 bits per heavy atom. The third-order valence-electron chi connectivity index (χ3n) is 3.52. The number of hydrogen-bond donors (Lipinski definition) is 1. The summed E-state index contributed by atoms with van der Waals surface area (Å²) in [5, 5.41) is 2.82. The van der Waals surface area contributed by atoms with Crippen LogP contribution in [0.25, 0.3) is 0 Å². The second kappa shape index (κ2) is 8.87. The van der Waals surface area contributed by atoms with Gasteiger partial charge in [-0.05, 0) is 42.3 Å². The third-order valence-corrected chi connectivity index (χ3v) is 3.52. The quantitative estimate of drug-likeness (QED) is 0.838. The summed E-state index contributed by atoms with van der Waals surface area (Å²) in [4.78, 5) is 25.4. The van der Waals surface area contributed by atoms with Crippen LogP contribution in [0.3, 0.4) is 0 Å². The second-order valence-electron chi connectivity index (χ2n) is 6.21. The highest BCUT2D eigenvalue weighted by molar-refractivity contribution is 5.97. The van der Waals surface area contributed by atoms with Gasteiger partial charge in [-0.1, -0.05) is 32.0 Å². The van der Waals surface area contributed by atoms with Crippen molar-refractivity contribution in [2.45, 2.75) is 20.8 Å². The van der Waals surface area contributed by atoms with Crippen LogP contribution in [0.5, 0.6) is 11.5 Å². The van der Waals surface area contributed by atoms with E-state index in [2.05, 4.69) is 5.32 Å². The molecule has 0 aliphatic carbocycles. The highest BCUT2D eigenvalue weighted by Crippen LogP contribution is 2.24. The van der Waals surface area contributed by atoms with E-state index in [0.717, 1.165) is 5.75 Å². The molecule has 2 aromatic carbocycles. The number of ether oxygens (including phenoxy) is 1. The Balaban J connectivity index is 2.03. The molecule has 2 rings (SSSR count). The second-order valence-corrected chi connectivity index (χ2v) is 6.21. The number of benzene rings is 2. The van der Waals surface area contributed by atoms with Crippen molar-refractivity contribution in [3.05, 3.63) is 54.6 Å². The summed E-state index contributed by atoms with van der Waals surface area (Å²) < 4.78 is 5.74. The van der Waals surface area contributed by atoms with Crippen molar-refractivity contribution in [2.75, 3.05) is 18.0 Å². The smallest absolute Gasteiger partial charge is 0.240 e. The standard InChI is InChI=1S/C20H24N2O3/c1-15(2)13-21-20(24)14-22(16(3)23)17-9-11-19(12-10-17)25-18-7-5-4-6-8-18/h4-12,15H,13-14H2,1-3H3,(H,21,24). The zero-order valence-electron chi connectivity index (χ0n) is 14.9. The number of rotatable bonds is 7. The van der Waals surface area contributed by atoms with E-state index < -0.39 is 0 Å². The Labute approximate surface area is 148 Å². The van der Waals surface area contributed by atoms with E-state index >= 15 is 0 Å². The summed E-state index contributed by atoms with van der Waals surface area (Å²) in [7, 11) is 0. The first-order chi connectivity index (χ1) is 12.0. The molecular weight excluding hydrogens is 316 g/mol. The fraction of sp³-hybridized carbons (Fsp3) is 0.300. The molecule has 5 nitrogen and oxygen atoms in total. The van der Waals surface area contributed by atoms with Gasteiger partial charge in [0.25, 0.3) is 0 Å². The van der Waals surface area contributed by atoms with E-state index in [1.807, 2.05) is 44.2 Å². The van der Waals surface area contributed by atoms with Gasteiger partial charge in [0.2, 0.25) is 11.8 Å². The van der Waals surface area contributed by atoms with E-state index in [-0.39, 0.29) is 18.4 Å². The molecule has 132 valence electrons. The maximum atomic E-state index is 12.0. The molecule has 25 heavy (non-hydrogen) atoms. The molecule has 2 amide bonds. The molecule has 0 saturated heterocycles. The summed E-state index contributed by atoms with van der Waals surface area (Å²) in [6.45, 7) is 6.09. The molecule has 0 spiro atoms. The van der Waals surface area contributed by atoms with Gasteiger partial charge in [-0.15, -0.1) is 0 Å². The van der Waals surface area contributed by atoms with Crippen molar-refractivity contribution in [2.24, 2.45) is 5.92 Å². The Hall–Kier alpha value is -2.82. The first kappa shape index (κ1) is 18.5. The summed E-state index contributed by atoms with van der Waals surface area (Å²) in [6.07, 6.45) is 0.